The third-order valence-corrected chi connectivity index (χ3v) is 2.34. The van der Waals surface area contributed by atoms with Crippen molar-refractivity contribution in [3.05, 3.63) is 47.1 Å². The van der Waals surface area contributed by atoms with Gasteiger partial charge in [-0.3, -0.25) is 0 Å². The zero-order valence-electron chi connectivity index (χ0n) is 8.39. The van der Waals surface area contributed by atoms with Gasteiger partial charge in [-0.15, -0.1) is 0 Å². The summed E-state index contributed by atoms with van der Waals surface area (Å²) in [6.45, 7) is 0. The second-order valence-corrected chi connectivity index (χ2v) is 3.61. The van der Waals surface area contributed by atoms with Gasteiger partial charge in [0.05, 0.1) is 11.3 Å². The predicted molar refractivity (Wildman–Crippen MR) is 59.4 cm³/mol. The van der Waals surface area contributed by atoms with E-state index in [0.717, 1.165) is 6.07 Å². The molecule has 17 heavy (non-hydrogen) atoms. The Hall–Kier alpha value is -2.01. The number of hydrogen-bond acceptors (Lipinski definition) is 3. The Morgan fingerprint density at radius 1 is 1.29 bits per heavy atom. The number of carbonyl (C=O) groups is 1. The molecule has 0 radical (unpaired) electrons. The summed E-state index contributed by atoms with van der Waals surface area (Å²) in [4.78, 5) is 18.3. The van der Waals surface area contributed by atoms with Crippen LogP contribution in [0.3, 0.4) is 0 Å². The number of aromatic nitrogens is 2. The van der Waals surface area contributed by atoms with Gasteiger partial charge in [-0.2, -0.15) is 0 Å². The van der Waals surface area contributed by atoms with E-state index in [1.807, 2.05) is 0 Å². The maximum absolute atomic E-state index is 13.4. The highest BCUT2D eigenvalue weighted by Crippen LogP contribution is 2.21. The first-order chi connectivity index (χ1) is 8.08. The molecule has 1 heterocycles. The van der Waals surface area contributed by atoms with Gasteiger partial charge < -0.3 is 5.11 Å². The van der Waals surface area contributed by atoms with Crippen LogP contribution in [0.5, 0.6) is 0 Å². The van der Waals surface area contributed by atoms with Crippen LogP contribution in [0.15, 0.2) is 30.6 Å². The molecule has 0 aliphatic heterocycles. The van der Waals surface area contributed by atoms with E-state index in [1.165, 1.54) is 24.5 Å². The number of halogens is 2. The van der Waals surface area contributed by atoms with Crippen LogP contribution in [0.25, 0.3) is 11.3 Å². The van der Waals surface area contributed by atoms with Crippen molar-refractivity contribution in [2.45, 2.75) is 0 Å². The largest absolute Gasteiger partial charge is 0.478 e. The minimum Gasteiger partial charge on any atom is -0.478 e. The second kappa shape index (κ2) is 4.47. The Labute approximate surface area is 101 Å². The summed E-state index contributed by atoms with van der Waals surface area (Å²) in [5.74, 6) is -2.13. The highest BCUT2D eigenvalue weighted by molar-refractivity contribution is 6.29. The van der Waals surface area contributed by atoms with Crippen LogP contribution in [0, 0.1) is 5.82 Å². The molecule has 1 N–H and O–H groups in total. The Kier molecular flexibility index (Phi) is 3.01. The zero-order chi connectivity index (χ0) is 12.4. The summed E-state index contributed by atoms with van der Waals surface area (Å²) in [7, 11) is 0. The van der Waals surface area contributed by atoms with Crippen molar-refractivity contribution in [3.63, 3.8) is 0 Å². The van der Waals surface area contributed by atoms with Gasteiger partial charge in [0.1, 0.15) is 17.3 Å². The summed E-state index contributed by atoms with van der Waals surface area (Å²) >= 11 is 5.68. The van der Waals surface area contributed by atoms with Gasteiger partial charge >= 0.3 is 5.97 Å². The first-order valence-corrected chi connectivity index (χ1v) is 4.96. The lowest BCUT2D eigenvalue weighted by atomic mass is 10.1. The molecule has 2 aromatic rings. The van der Waals surface area contributed by atoms with Gasteiger partial charge in [-0.05, 0) is 12.1 Å². The first kappa shape index (κ1) is 11.5. The van der Waals surface area contributed by atoms with E-state index in [9.17, 15) is 9.18 Å². The van der Waals surface area contributed by atoms with Crippen molar-refractivity contribution in [3.8, 4) is 11.3 Å². The predicted octanol–water partition coefficient (Wildman–Crippen LogP) is 2.63. The SMILES string of the molecule is O=C(O)c1ccc(-c2cc(Cl)ncn2)cc1F. The van der Waals surface area contributed by atoms with Crippen LogP contribution in [-0.2, 0) is 0 Å². The summed E-state index contributed by atoms with van der Waals surface area (Å²) in [6, 6.07) is 5.22. The van der Waals surface area contributed by atoms with Crippen molar-refractivity contribution in [2.75, 3.05) is 0 Å². The van der Waals surface area contributed by atoms with Crippen molar-refractivity contribution < 1.29 is 14.3 Å². The molecule has 86 valence electrons. The smallest absolute Gasteiger partial charge is 0.338 e. The monoisotopic (exact) mass is 252 g/mol. The highest BCUT2D eigenvalue weighted by atomic mass is 35.5. The topological polar surface area (TPSA) is 63.1 Å². The fourth-order valence-corrected chi connectivity index (χ4v) is 1.49. The second-order valence-electron chi connectivity index (χ2n) is 3.23. The molecule has 2 rings (SSSR count). The number of benzene rings is 1. The first-order valence-electron chi connectivity index (χ1n) is 4.58. The van der Waals surface area contributed by atoms with E-state index in [-0.39, 0.29) is 10.7 Å². The van der Waals surface area contributed by atoms with E-state index in [2.05, 4.69) is 9.97 Å². The normalized spacial score (nSPS) is 10.2. The van der Waals surface area contributed by atoms with Crippen LogP contribution >= 0.6 is 11.6 Å². The van der Waals surface area contributed by atoms with E-state index in [1.54, 1.807) is 0 Å². The van der Waals surface area contributed by atoms with Crippen LogP contribution in [0.4, 0.5) is 4.39 Å². The molecule has 1 aromatic carbocycles. The molecule has 4 nitrogen and oxygen atoms in total. The number of carboxylic acid groups (broad SMARTS) is 1. The molecular weight excluding hydrogens is 247 g/mol. The van der Waals surface area contributed by atoms with Crippen molar-refractivity contribution in [1.82, 2.24) is 9.97 Å². The van der Waals surface area contributed by atoms with Gasteiger partial charge in [0, 0.05) is 11.6 Å². The molecule has 0 amide bonds. The molecule has 6 heteroatoms. The molecule has 0 aliphatic rings. The third-order valence-electron chi connectivity index (χ3n) is 2.13. The summed E-state index contributed by atoms with van der Waals surface area (Å²) in [5.41, 5.74) is 0.492. The molecule has 1 aromatic heterocycles. The van der Waals surface area contributed by atoms with E-state index in [4.69, 9.17) is 16.7 Å². The number of carboxylic acids is 1. The number of aromatic carboxylic acids is 1. The van der Waals surface area contributed by atoms with Crippen LogP contribution < -0.4 is 0 Å². The molecule has 0 spiro atoms. The van der Waals surface area contributed by atoms with E-state index >= 15 is 0 Å². The van der Waals surface area contributed by atoms with Gasteiger partial charge in [0.25, 0.3) is 0 Å². The van der Waals surface area contributed by atoms with Crippen molar-refractivity contribution in [2.24, 2.45) is 0 Å². The molecule has 0 aliphatic carbocycles. The average molecular weight is 253 g/mol. The minimum absolute atomic E-state index is 0.234. The van der Waals surface area contributed by atoms with Crippen LogP contribution in [0.1, 0.15) is 10.4 Å². The highest BCUT2D eigenvalue weighted by Gasteiger charge is 2.11. The maximum atomic E-state index is 13.4. The van der Waals surface area contributed by atoms with Gasteiger partial charge in [0.15, 0.2) is 0 Å². The lowest BCUT2D eigenvalue weighted by Gasteiger charge is -2.02. The summed E-state index contributed by atoms with van der Waals surface area (Å²) in [5, 5.41) is 8.92. The Morgan fingerprint density at radius 3 is 2.65 bits per heavy atom. The van der Waals surface area contributed by atoms with E-state index in [0.29, 0.717) is 11.3 Å². The molecule has 0 atom stereocenters. The number of nitrogens with zero attached hydrogens (tertiary/aromatic N) is 2. The molecular formula is C11H6ClFN2O2. The summed E-state index contributed by atoms with van der Waals surface area (Å²) in [6.07, 6.45) is 1.25. The lowest BCUT2D eigenvalue weighted by Crippen LogP contribution is -2.00. The molecule has 0 saturated heterocycles. The number of rotatable bonds is 2. The molecule has 0 saturated carbocycles. The minimum atomic E-state index is -1.31. The third kappa shape index (κ3) is 2.39. The quantitative estimate of drug-likeness (QED) is 0.835. The summed E-state index contributed by atoms with van der Waals surface area (Å²) < 4.78 is 13.4. The standard InChI is InChI=1S/C11H6ClFN2O2/c12-10-4-9(14-5-15-10)6-1-2-7(11(16)17)8(13)3-6/h1-5H,(H,16,17). The molecule has 0 fully saturated rings. The van der Waals surface area contributed by atoms with E-state index < -0.39 is 11.8 Å². The van der Waals surface area contributed by atoms with Gasteiger partial charge in [0.2, 0.25) is 0 Å². The number of hydrogen-bond donors (Lipinski definition) is 1. The van der Waals surface area contributed by atoms with Crippen molar-refractivity contribution in [1.29, 1.82) is 0 Å². The zero-order valence-corrected chi connectivity index (χ0v) is 9.15. The Morgan fingerprint density at radius 2 is 2.06 bits per heavy atom. The molecule has 0 bridgehead atoms. The fraction of sp³-hybridized carbons (Fsp3) is 0. The average Bonchev–Trinajstić information content (AvgIpc) is 2.28. The van der Waals surface area contributed by atoms with Crippen molar-refractivity contribution >= 4 is 17.6 Å². The lowest BCUT2D eigenvalue weighted by molar-refractivity contribution is 0.0692. The Bertz CT molecular complexity index is 589. The van der Waals surface area contributed by atoms with Gasteiger partial charge in [-0.1, -0.05) is 17.7 Å². The maximum Gasteiger partial charge on any atom is 0.338 e. The van der Waals surface area contributed by atoms with Crippen LogP contribution in [0.2, 0.25) is 5.15 Å². The van der Waals surface area contributed by atoms with Gasteiger partial charge in [-0.25, -0.2) is 19.2 Å². The Balaban J connectivity index is 2.48. The molecule has 0 unspecified atom stereocenters. The fourth-order valence-electron chi connectivity index (χ4n) is 1.34. The van der Waals surface area contributed by atoms with Crippen LogP contribution in [-0.4, -0.2) is 21.0 Å².